The first-order chi connectivity index (χ1) is 9.11. The molecule has 0 saturated heterocycles. The van der Waals surface area contributed by atoms with Crippen LogP contribution < -0.4 is 10.6 Å². The minimum atomic E-state index is -0.530. The highest BCUT2D eigenvalue weighted by Gasteiger charge is 2.25. The lowest BCUT2D eigenvalue weighted by atomic mass is 10.1. The Morgan fingerprint density at radius 3 is 3.11 bits per heavy atom. The zero-order valence-corrected chi connectivity index (χ0v) is 12.5. The van der Waals surface area contributed by atoms with Crippen molar-refractivity contribution < 1.29 is 9.18 Å². The summed E-state index contributed by atoms with van der Waals surface area (Å²) in [5.41, 5.74) is 2.58. The highest BCUT2D eigenvalue weighted by Crippen LogP contribution is 2.33. The van der Waals surface area contributed by atoms with Crippen molar-refractivity contribution >= 4 is 21.8 Å². The number of benzene rings is 1. The first-order valence-corrected chi connectivity index (χ1v) is 7.29. The van der Waals surface area contributed by atoms with E-state index in [4.69, 9.17) is 0 Å². The largest absolute Gasteiger partial charge is 0.352 e. The molecule has 0 bridgehead atoms. The smallest absolute Gasteiger partial charge is 0.236 e. The van der Waals surface area contributed by atoms with Crippen molar-refractivity contribution in [2.45, 2.75) is 31.8 Å². The van der Waals surface area contributed by atoms with Crippen LogP contribution in [0.15, 0.2) is 22.7 Å². The molecule has 19 heavy (non-hydrogen) atoms. The number of rotatable bonds is 5. The summed E-state index contributed by atoms with van der Waals surface area (Å²) in [6.07, 6.45) is 2.02. The molecule has 0 fully saturated rings. The SMILES string of the molecule is CC(NC1CCc2ccc(Br)cc21)C(=O)NCCF. The van der Waals surface area contributed by atoms with Crippen LogP contribution in [-0.2, 0) is 11.2 Å². The van der Waals surface area contributed by atoms with Gasteiger partial charge in [0.2, 0.25) is 5.91 Å². The lowest BCUT2D eigenvalue weighted by Gasteiger charge is -2.20. The van der Waals surface area contributed by atoms with Crippen LogP contribution in [-0.4, -0.2) is 25.2 Å². The standard InChI is InChI=1S/C14H18BrFN2O/c1-9(14(19)17-7-6-16)18-13-5-3-10-2-4-11(15)8-12(10)13/h2,4,8-9,13,18H,3,5-7H2,1H3,(H,17,19). The van der Waals surface area contributed by atoms with Gasteiger partial charge >= 0.3 is 0 Å². The number of carbonyl (C=O) groups excluding carboxylic acids is 1. The van der Waals surface area contributed by atoms with E-state index in [0.29, 0.717) is 0 Å². The number of alkyl halides is 1. The van der Waals surface area contributed by atoms with Crippen LogP contribution >= 0.6 is 15.9 Å². The summed E-state index contributed by atoms with van der Waals surface area (Å²) < 4.78 is 13.1. The van der Waals surface area contributed by atoms with Gasteiger partial charge in [-0.2, -0.15) is 0 Å². The Hall–Kier alpha value is -0.940. The van der Waals surface area contributed by atoms with Gasteiger partial charge in [-0.1, -0.05) is 22.0 Å². The molecular weight excluding hydrogens is 311 g/mol. The number of hydrogen-bond acceptors (Lipinski definition) is 2. The maximum absolute atomic E-state index is 12.0. The zero-order valence-electron chi connectivity index (χ0n) is 10.9. The van der Waals surface area contributed by atoms with Gasteiger partial charge < -0.3 is 5.32 Å². The molecular formula is C14H18BrFN2O. The molecule has 2 unspecified atom stereocenters. The molecule has 5 heteroatoms. The Kier molecular flexibility index (Phi) is 4.93. The van der Waals surface area contributed by atoms with Gasteiger partial charge in [0.25, 0.3) is 0 Å². The molecule has 0 aromatic heterocycles. The maximum Gasteiger partial charge on any atom is 0.236 e. The van der Waals surface area contributed by atoms with Crippen molar-refractivity contribution in [1.29, 1.82) is 0 Å². The second kappa shape index (κ2) is 6.48. The Balaban J connectivity index is 1.98. The van der Waals surface area contributed by atoms with Gasteiger partial charge in [0, 0.05) is 17.1 Å². The van der Waals surface area contributed by atoms with E-state index in [0.717, 1.165) is 17.3 Å². The fraction of sp³-hybridized carbons (Fsp3) is 0.500. The number of nitrogens with one attached hydrogen (secondary N) is 2. The molecule has 2 atom stereocenters. The Labute approximate surface area is 121 Å². The molecule has 0 heterocycles. The third-order valence-corrected chi connectivity index (χ3v) is 3.92. The van der Waals surface area contributed by atoms with Gasteiger partial charge in [0.05, 0.1) is 6.04 Å². The molecule has 0 radical (unpaired) electrons. The third kappa shape index (κ3) is 3.54. The van der Waals surface area contributed by atoms with E-state index >= 15 is 0 Å². The topological polar surface area (TPSA) is 41.1 Å². The van der Waals surface area contributed by atoms with Crippen LogP contribution in [0, 0.1) is 0 Å². The first kappa shape index (κ1) is 14.5. The molecule has 2 rings (SSSR count). The van der Waals surface area contributed by atoms with Crippen LogP contribution in [0.3, 0.4) is 0 Å². The maximum atomic E-state index is 12.0. The number of carbonyl (C=O) groups is 1. The summed E-state index contributed by atoms with van der Waals surface area (Å²) in [4.78, 5) is 11.7. The number of hydrogen-bond donors (Lipinski definition) is 2. The molecule has 1 amide bonds. The Morgan fingerprint density at radius 1 is 1.58 bits per heavy atom. The van der Waals surface area contributed by atoms with Gasteiger partial charge in [-0.3, -0.25) is 10.1 Å². The fourth-order valence-corrected chi connectivity index (χ4v) is 2.83. The van der Waals surface area contributed by atoms with E-state index in [1.807, 2.05) is 13.0 Å². The molecule has 0 saturated carbocycles. The molecule has 1 aromatic rings. The van der Waals surface area contributed by atoms with Gasteiger partial charge in [-0.25, -0.2) is 4.39 Å². The number of aryl methyl sites for hydroxylation is 1. The summed E-state index contributed by atoms with van der Waals surface area (Å²) in [6, 6.07) is 6.14. The third-order valence-electron chi connectivity index (χ3n) is 3.42. The van der Waals surface area contributed by atoms with E-state index < -0.39 is 6.67 Å². The summed E-state index contributed by atoms with van der Waals surface area (Å²) in [5, 5.41) is 5.87. The predicted octanol–water partition coefficient (Wildman–Crippen LogP) is 2.50. The molecule has 1 aliphatic rings. The van der Waals surface area contributed by atoms with Gasteiger partial charge in [-0.15, -0.1) is 0 Å². The molecule has 104 valence electrons. The normalized spacial score (nSPS) is 19.0. The molecule has 1 aliphatic carbocycles. The fourth-order valence-electron chi connectivity index (χ4n) is 2.45. The van der Waals surface area contributed by atoms with Crippen molar-refractivity contribution in [3.05, 3.63) is 33.8 Å². The van der Waals surface area contributed by atoms with E-state index in [1.165, 1.54) is 11.1 Å². The summed E-state index contributed by atoms with van der Waals surface area (Å²) >= 11 is 3.47. The summed E-state index contributed by atoms with van der Waals surface area (Å²) in [7, 11) is 0. The molecule has 2 N–H and O–H groups in total. The number of halogens is 2. The Bertz CT molecular complexity index is 467. The van der Waals surface area contributed by atoms with Crippen molar-refractivity contribution in [3.63, 3.8) is 0 Å². The van der Waals surface area contributed by atoms with Crippen molar-refractivity contribution in [1.82, 2.24) is 10.6 Å². The first-order valence-electron chi connectivity index (χ1n) is 6.50. The van der Waals surface area contributed by atoms with E-state index in [9.17, 15) is 9.18 Å². The Morgan fingerprint density at radius 2 is 2.37 bits per heavy atom. The number of amides is 1. The summed E-state index contributed by atoms with van der Waals surface area (Å²) in [5.74, 6) is -0.152. The second-order valence-corrected chi connectivity index (χ2v) is 5.72. The molecule has 1 aromatic carbocycles. The highest BCUT2D eigenvalue weighted by atomic mass is 79.9. The lowest BCUT2D eigenvalue weighted by molar-refractivity contribution is -0.123. The average molecular weight is 329 g/mol. The monoisotopic (exact) mass is 328 g/mol. The predicted molar refractivity (Wildman–Crippen MR) is 76.8 cm³/mol. The quantitative estimate of drug-likeness (QED) is 0.871. The molecule has 0 spiro atoms. The van der Waals surface area contributed by atoms with Crippen LogP contribution in [0.1, 0.15) is 30.5 Å². The minimum Gasteiger partial charge on any atom is -0.352 e. The van der Waals surface area contributed by atoms with Crippen molar-refractivity contribution in [2.24, 2.45) is 0 Å². The van der Waals surface area contributed by atoms with E-state index in [2.05, 4.69) is 38.7 Å². The molecule has 3 nitrogen and oxygen atoms in total. The van der Waals surface area contributed by atoms with Gasteiger partial charge in [-0.05, 0) is 43.0 Å². The van der Waals surface area contributed by atoms with E-state index in [1.54, 1.807) is 0 Å². The van der Waals surface area contributed by atoms with Crippen LogP contribution in [0.25, 0.3) is 0 Å². The van der Waals surface area contributed by atoms with Crippen molar-refractivity contribution in [2.75, 3.05) is 13.2 Å². The zero-order chi connectivity index (χ0) is 13.8. The van der Waals surface area contributed by atoms with Crippen LogP contribution in [0.4, 0.5) is 4.39 Å². The van der Waals surface area contributed by atoms with Crippen LogP contribution in [0.2, 0.25) is 0 Å². The van der Waals surface area contributed by atoms with Crippen molar-refractivity contribution in [3.8, 4) is 0 Å². The average Bonchev–Trinajstić information content (AvgIpc) is 2.78. The van der Waals surface area contributed by atoms with Gasteiger partial charge in [0.15, 0.2) is 0 Å². The minimum absolute atomic E-state index is 0.0810. The molecule has 0 aliphatic heterocycles. The highest BCUT2D eigenvalue weighted by molar-refractivity contribution is 9.10. The summed E-state index contributed by atoms with van der Waals surface area (Å²) in [6.45, 7) is 1.36. The second-order valence-electron chi connectivity index (χ2n) is 4.80. The van der Waals surface area contributed by atoms with E-state index in [-0.39, 0.29) is 24.5 Å². The lowest BCUT2D eigenvalue weighted by Crippen LogP contribution is -2.43. The number of fused-ring (bicyclic) bond motifs is 1. The van der Waals surface area contributed by atoms with Crippen LogP contribution in [0.5, 0.6) is 0 Å². The van der Waals surface area contributed by atoms with Gasteiger partial charge in [0.1, 0.15) is 6.67 Å².